The normalized spacial score (nSPS) is 20.1. The van der Waals surface area contributed by atoms with E-state index in [0.29, 0.717) is 37.7 Å². The van der Waals surface area contributed by atoms with Crippen molar-refractivity contribution >= 4 is 11.7 Å². The smallest absolute Gasteiger partial charge is 0.257 e. The van der Waals surface area contributed by atoms with Gasteiger partial charge in [0.1, 0.15) is 5.82 Å². The molecule has 2 saturated heterocycles. The van der Waals surface area contributed by atoms with Gasteiger partial charge in [-0.05, 0) is 19.4 Å². The molecule has 2 aliphatic rings. The van der Waals surface area contributed by atoms with E-state index in [1.807, 2.05) is 30.0 Å². The first-order valence-corrected chi connectivity index (χ1v) is 9.51. The van der Waals surface area contributed by atoms with Crippen LogP contribution in [0, 0.1) is 0 Å². The number of hydrogen-bond donors (Lipinski definition) is 1. The molecule has 2 aliphatic heterocycles. The molecule has 0 aliphatic carbocycles. The third-order valence-corrected chi connectivity index (χ3v) is 5.13. The highest BCUT2D eigenvalue weighted by molar-refractivity contribution is 5.95. The number of rotatable bonds is 5. The van der Waals surface area contributed by atoms with E-state index < -0.39 is 0 Å². The SMILES string of the molecule is CCOc1cccc(N2CCN(C(=O)c3cn[nH]c3C3CCOC3)CC2)n1. The summed E-state index contributed by atoms with van der Waals surface area (Å²) in [6, 6.07) is 5.79. The molecule has 1 amide bonds. The van der Waals surface area contributed by atoms with Crippen LogP contribution in [0.2, 0.25) is 0 Å². The maximum absolute atomic E-state index is 13.0. The van der Waals surface area contributed by atoms with Crippen molar-refractivity contribution in [1.29, 1.82) is 0 Å². The van der Waals surface area contributed by atoms with Crippen LogP contribution in [0.3, 0.4) is 0 Å². The summed E-state index contributed by atoms with van der Waals surface area (Å²) in [6.07, 6.45) is 2.58. The molecule has 4 rings (SSSR count). The number of carbonyl (C=O) groups is 1. The van der Waals surface area contributed by atoms with Crippen LogP contribution < -0.4 is 9.64 Å². The summed E-state index contributed by atoms with van der Waals surface area (Å²) < 4.78 is 10.9. The number of aromatic amines is 1. The quantitative estimate of drug-likeness (QED) is 0.861. The van der Waals surface area contributed by atoms with E-state index in [2.05, 4.69) is 20.1 Å². The number of nitrogens with one attached hydrogen (secondary N) is 1. The molecule has 27 heavy (non-hydrogen) atoms. The lowest BCUT2D eigenvalue weighted by Gasteiger charge is -2.35. The van der Waals surface area contributed by atoms with Crippen LogP contribution in [0.25, 0.3) is 0 Å². The summed E-state index contributed by atoms with van der Waals surface area (Å²) in [4.78, 5) is 21.6. The first kappa shape index (κ1) is 17.8. The van der Waals surface area contributed by atoms with Gasteiger partial charge in [0.2, 0.25) is 5.88 Å². The summed E-state index contributed by atoms with van der Waals surface area (Å²) in [5, 5.41) is 7.12. The highest BCUT2D eigenvalue weighted by Crippen LogP contribution is 2.27. The summed E-state index contributed by atoms with van der Waals surface area (Å²) in [7, 11) is 0. The van der Waals surface area contributed by atoms with Gasteiger partial charge < -0.3 is 19.3 Å². The molecule has 8 nitrogen and oxygen atoms in total. The molecule has 1 unspecified atom stereocenters. The second-order valence-electron chi connectivity index (χ2n) is 6.80. The number of carbonyl (C=O) groups excluding carboxylic acids is 1. The Morgan fingerprint density at radius 3 is 2.93 bits per heavy atom. The number of piperazine rings is 1. The van der Waals surface area contributed by atoms with Crippen molar-refractivity contribution in [3.05, 3.63) is 35.7 Å². The molecule has 1 atom stereocenters. The minimum Gasteiger partial charge on any atom is -0.478 e. The van der Waals surface area contributed by atoms with E-state index in [4.69, 9.17) is 9.47 Å². The van der Waals surface area contributed by atoms with Crippen LogP contribution in [-0.4, -0.2) is 72.0 Å². The van der Waals surface area contributed by atoms with Crippen LogP contribution >= 0.6 is 0 Å². The molecule has 0 saturated carbocycles. The second-order valence-corrected chi connectivity index (χ2v) is 6.80. The summed E-state index contributed by atoms with van der Waals surface area (Å²) in [5.41, 5.74) is 1.58. The van der Waals surface area contributed by atoms with Gasteiger partial charge in [-0.1, -0.05) is 6.07 Å². The number of ether oxygens (including phenoxy) is 2. The molecule has 2 aromatic rings. The van der Waals surface area contributed by atoms with Crippen LogP contribution in [0.4, 0.5) is 5.82 Å². The molecule has 8 heteroatoms. The lowest BCUT2D eigenvalue weighted by Crippen LogP contribution is -2.49. The van der Waals surface area contributed by atoms with E-state index in [9.17, 15) is 4.79 Å². The number of pyridine rings is 1. The average molecular weight is 371 g/mol. The molecular weight excluding hydrogens is 346 g/mol. The van der Waals surface area contributed by atoms with E-state index in [1.54, 1.807) is 6.20 Å². The number of hydrogen-bond acceptors (Lipinski definition) is 6. The summed E-state index contributed by atoms with van der Waals surface area (Å²) >= 11 is 0. The van der Waals surface area contributed by atoms with Crippen molar-refractivity contribution in [1.82, 2.24) is 20.1 Å². The fourth-order valence-corrected chi connectivity index (χ4v) is 3.66. The summed E-state index contributed by atoms with van der Waals surface area (Å²) in [5.74, 6) is 1.80. The van der Waals surface area contributed by atoms with Gasteiger partial charge in [-0.3, -0.25) is 9.89 Å². The zero-order valence-corrected chi connectivity index (χ0v) is 15.6. The predicted octanol–water partition coefficient (Wildman–Crippen LogP) is 1.67. The number of aromatic nitrogens is 3. The van der Waals surface area contributed by atoms with Gasteiger partial charge in [-0.15, -0.1) is 0 Å². The van der Waals surface area contributed by atoms with Gasteiger partial charge >= 0.3 is 0 Å². The van der Waals surface area contributed by atoms with Crippen LogP contribution in [0.15, 0.2) is 24.4 Å². The number of H-pyrrole nitrogens is 1. The van der Waals surface area contributed by atoms with Crippen LogP contribution in [0.1, 0.15) is 35.3 Å². The molecule has 4 heterocycles. The molecule has 0 aromatic carbocycles. The fourth-order valence-electron chi connectivity index (χ4n) is 3.66. The second kappa shape index (κ2) is 7.96. The van der Waals surface area contributed by atoms with Crippen molar-refractivity contribution in [2.24, 2.45) is 0 Å². The van der Waals surface area contributed by atoms with Gasteiger partial charge in [0, 0.05) is 44.8 Å². The van der Waals surface area contributed by atoms with E-state index in [1.165, 1.54) is 0 Å². The lowest BCUT2D eigenvalue weighted by molar-refractivity contribution is 0.0744. The Balaban J connectivity index is 1.40. The topological polar surface area (TPSA) is 83.6 Å². The largest absolute Gasteiger partial charge is 0.478 e. The van der Waals surface area contributed by atoms with Crippen molar-refractivity contribution < 1.29 is 14.3 Å². The van der Waals surface area contributed by atoms with E-state index in [-0.39, 0.29) is 11.8 Å². The van der Waals surface area contributed by atoms with Gasteiger partial charge in [0.05, 0.1) is 30.7 Å². The maximum Gasteiger partial charge on any atom is 0.257 e. The minimum absolute atomic E-state index is 0.0429. The number of nitrogens with zero attached hydrogens (tertiary/aromatic N) is 4. The van der Waals surface area contributed by atoms with Gasteiger partial charge in [0.25, 0.3) is 5.91 Å². The molecule has 0 bridgehead atoms. The Hall–Kier alpha value is -2.61. The Labute approximate surface area is 158 Å². The Kier molecular flexibility index (Phi) is 5.24. The first-order chi connectivity index (χ1) is 13.3. The molecule has 1 N–H and O–H groups in total. The Bertz CT molecular complexity index is 779. The highest BCUT2D eigenvalue weighted by Gasteiger charge is 2.29. The van der Waals surface area contributed by atoms with Gasteiger partial charge in [-0.25, -0.2) is 0 Å². The standard InChI is InChI=1S/C19H25N5O3/c1-2-27-17-5-3-4-16(21-17)23-7-9-24(10-8-23)19(25)15-12-20-22-18(15)14-6-11-26-13-14/h3-5,12,14H,2,6-11,13H2,1H3,(H,20,22). The number of amides is 1. The third-order valence-electron chi connectivity index (χ3n) is 5.13. The van der Waals surface area contributed by atoms with E-state index in [0.717, 1.165) is 37.6 Å². The van der Waals surface area contributed by atoms with Crippen LogP contribution in [0.5, 0.6) is 5.88 Å². The number of anilines is 1. The molecule has 2 fully saturated rings. The van der Waals surface area contributed by atoms with Crippen molar-refractivity contribution in [2.75, 3.05) is 50.9 Å². The predicted molar refractivity (Wildman–Crippen MR) is 100 cm³/mol. The third kappa shape index (κ3) is 3.75. The molecule has 2 aromatic heterocycles. The van der Waals surface area contributed by atoms with Gasteiger partial charge in [-0.2, -0.15) is 10.1 Å². The highest BCUT2D eigenvalue weighted by atomic mass is 16.5. The molecule has 144 valence electrons. The summed E-state index contributed by atoms with van der Waals surface area (Å²) in [6.45, 7) is 6.73. The van der Waals surface area contributed by atoms with Crippen molar-refractivity contribution in [3.63, 3.8) is 0 Å². The maximum atomic E-state index is 13.0. The monoisotopic (exact) mass is 371 g/mol. The minimum atomic E-state index is 0.0429. The van der Waals surface area contributed by atoms with Crippen LogP contribution in [-0.2, 0) is 4.74 Å². The Morgan fingerprint density at radius 2 is 2.19 bits per heavy atom. The first-order valence-electron chi connectivity index (χ1n) is 9.51. The lowest BCUT2D eigenvalue weighted by atomic mass is 10.0. The average Bonchev–Trinajstić information content (AvgIpc) is 3.39. The van der Waals surface area contributed by atoms with Crippen molar-refractivity contribution in [2.45, 2.75) is 19.3 Å². The van der Waals surface area contributed by atoms with Crippen molar-refractivity contribution in [3.8, 4) is 5.88 Å². The Morgan fingerprint density at radius 1 is 1.33 bits per heavy atom. The molecule has 0 spiro atoms. The van der Waals surface area contributed by atoms with Gasteiger partial charge in [0.15, 0.2) is 0 Å². The fraction of sp³-hybridized carbons (Fsp3) is 0.526. The zero-order chi connectivity index (χ0) is 18.6. The molecular formula is C19H25N5O3. The zero-order valence-electron chi connectivity index (χ0n) is 15.6. The van der Waals surface area contributed by atoms with E-state index >= 15 is 0 Å². The molecule has 0 radical (unpaired) electrons.